The van der Waals surface area contributed by atoms with E-state index in [4.69, 9.17) is 18.0 Å². The van der Waals surface area contributed by atoms with Crippen molar-refractivity contribution < 1.29 is 8.42 Å². The lowest BCUT2D eigenvalue weighted by molar-refractivity contribution is 0.506. The third-order valence-corrected chi connectivity index (χ3v) is 4.67. The topological polar surface area (TPSA) is 72.2 Å². The molecule has 0 aliphatic carbocycles. The Hall–Kier alpha value is -0.200. The lowest BCUT2D eigenvalue weighted by atomic mass is 10.0. The predicted octanol–water partition coefficient (Wildman–Crippen LogP) is 0.769. The number of hydrogen-bond donors (Lipinski definition) is 2. The Bertz CT molecular complexity index is 311. The maximum absolute atomic E-state index is 11.6. The molecule has 0 fully saturated rings. The Balaban J connectivity index is 4.90. The van der Waals surface area contributed by atoms with Gasteiger partial charge in [-0.15, -0.1) is 0 Å². The fraction of sp³-hybridized carbons (Fsp3) is 0.875. The van der Waals surface area contributed by atoms with Gasteiger partial charge in [0.2, 0.25) is 10.0 Å². The van der Waals surface area contributed by atoms with Crippen molar-refractivity contribution in [2.45, 2.75) is 44.9 Å². The van der Waals surface area contributed by atoms with E-state index in [2.05, 4.69) is 4.72 Å². The van der Waals surface area contributed by atoms with Crippen molar-refractivity contribution in [2.75, 3.05) is 0 Å². The summed E-state index contributed by atoms with van der Waals surface area (Å²) in [5.74, 6) is 0. The number of sulfonamides is 1. The van der Waals surface area contributed by atoms with E-state index in [1.54, 1.807) is 20.8 Å². The molecule has 0 aliphatic heterocycles. The van der Waals surface area contributed by atoms with E-state index in [1.807, 2.05) is 6.92 Å². The Morgan fingerprint density at radius 3 is 2.21 bits per heavy atom. The van der Waals surface area contributed by atoms with Crippen molar-refractivity contribution in [3.05, 3.63) is 0 Å². The summed E-state index contributed by atoms with van der Waals surface area (Å²) >= 11 is 4.83. The molecule has 0 bridgehead atoms. The van der Waals surface area contributed by atoms with Gasteiger partial charge in [-0.25, -0.2) is 13.1 Å². The standard InChI is InChI=1S/C8H18N2O2S2/c1-5-8(4,7(9)13)10-14(11,12)6(2)3/h6,10H,5H2,1-4H3,(H2,9,13). The molecule has 4 nitrogen and oxygen atoms in total. The van der Waals surface area contributed by atoms with Crippen molar-refractivity contribution in [3.63, 3.8) is 0 Å². The highest BCUT2D eigenvalue weighted by molar-refractivity contribution is 7.90. The van der Waals surface area contributed by atoms with Crippen LogP contribution in [0.2, 0.25) is 0 Å². The summed E-state index contributed by atoms with van der Waals surface area (Å²) in [6.45, 7) is 6.74. The molecular formula is C8H18N2O2S2. The molecule has 6 heteroatoms. The van der Waals surface area contributed by atoms with Gasteiger partial charge in [0.15, 0.2) is 0 Å². The molecule has 0 saturated heterocycles. The quantitative estimate of drug-likeness (QED) is 0.694. The molecular weight excluding hydrogens is 220 g/mol. The summed E-state index contributed by atoms with van der Waals surface area (Å²) in [5, 5.41) is -0.484. The summed E-state index contributed by atoms with van der Waals surface area (Å²) in [5.41, 5.74) is 4.67. The molecule has 0 aromatic carbocycles. The van der Waals surface area contributed by atoms with Crippen LogP contribution in [0.3, 0.4) is 0 Å². The molecule has 0 amide bonds. The molecule has 0 aromatic heterocycles. The van der Waals surface area contributed by atoms with Gasteiger partial charge < -0.3 is 5.73 Å². The second-order valence-electron chi connectivity index (χ2n) is 3.75. The van der Waals surface area contributed by atoms with E-state index in [1.165, 1.54) is 0 Å². The van der Waals surface area contributed by atoms with Gasteiger partial charge in [0.1, 0.15) is 0 Å². The van der Waals surface area contributed by atoms with Crippen LogP contribution in [0.1, 0.15) is 34.1 Å². The van der Waals surface area contributed by atoms with Crippen LogP contribution in [-0.4, -0.2) is 24.2 Å². The maximum atomic E-state index is 11.6. The van der Waals surface area contributed by atoms with Gasteiger partial charge >= 0.3 is 0 Å². The van der Waals surface area contributed by atoms with Crippen LogP contribution in [0.5, 0.6) is 0 Å². The summed E-state index contributed by atoms with van der Waals surface area (Å²) in [7, 11) is -3.33. The van der Waals surface area contributed by atoms with Crippen molar-refractivity contribution in [3.8, 4) is 0 Å². The van der Waals surface area contributed by atoms with Crippen LogP contribution in [0.15, 0.2) is 0 Å². The van der Waals surface area contributed by atoms with E-state index >= 15 is 0 Å². The molecule has 0 heterocycles. The minimum atomic E-state index is -3.33. The molecule has 84 valence electrons. The van der Waals surface area contributed by atoms with Crippen LogP contribution in [0.25, 0.3) is 0 Å². The van der Waals surface area contributed by atoms with E-state index in [0.29, 0.717) is 6.42 Å². The molecule has 0 spiro atoms. The molecule has 0 aromatic rings. The SMILES string of the molecule is CCC(C)(NS(=O)(=O)C(C)C)C(N)=S. The number of thiocarbonyl (C=S) groups is 1. The van der Waals surface area contributed by atoms with Gasteiger partial charge in [-0.1, -0.05) is 19.1 Å². The first kappa shape index (κ1) is 13.8. The van der Waals surface area contributed by atoms with Crippen LogP contribution >= 0.6 is 12.2 Å². The zero-order valence-corrected chi connectivity index (χ0v) is 10.6. The third-order valence-electron chi connectivity index (χ3n) is 2.24. The maximum Gasteiger partial charge on any atom is 0.214 e. The Kier molecular flexibility index (Phi) is 4.48. The van der Waals surface area contributed by atoms with Gasteiger partial charge in [0.05, 0.1) is 15.8 Å². The summed E-state index contributed by atoms with van der Waals surface area (Å²) < 4.78 is 25.7. The lowest BCUT2D eigenvalue weighted by Crippen LogP contribution is -2.55. The first-order valence-corrected chi connectivity index (χ1v) is 6.44. The van der Waals surface area contributed by atoms with E-state index < -0.39 is 20.8 Å². The summed E-state index contributed by atoms with van der Waals surface area (Å²) in [6.07, 6.45) is 0.536. The van der Waals surface area contributed by atoms with Gasteiger partial charge in [-0.2, -0.15) is 0 Å². The van der Waals surface area contributed by atoms with Crippen molar-refractivity contribution >= 4 is 27.2 Å². The summed E-state index contributed by atoms with van der Waals surface area (Å²) in [4.78, 5) is 0.171. The molecule has 3 N–H and O–H groups in total. The first-order valence-electron chi connectivity index (χ1n) is 4.48. The van der Waals surface area contributed by atoms with Gasteiger partial charge in [-0.05, 0) is 27.2 Å². The largest absolute Gasteiger partial charge is 0.392 e. The normalized spacial score (nSPS) is 16.6. The highest BCUT2D eigenvalue weighted by atomic mass is 32.2. The lowest BCUT2D eigenvalue weighted by Gasteiger charge is -2.28. The van der Waals surface area contributed by atoms with Crippen molar-refractivity contribution in [1.29, 1.82) is 0 Å². The van der Waals surface area contributed by atoms with Gasteiger partial charge in [0, 0.05) is 0 Å². The van der Waals surface area contributed by atoms with Crippen LogP contribution in [-0.2, 0) is 10.0 Å². The second-order valence-corrected chi connectivity index (χ2v) is 6.42. The van der Waals surface area contributed by atoms with Crippen molar-refractivity contribution in [1.82, 2.24) is 4.72 Å². The summed E-state index contributed by atoms with van der Waals surface area (Å²) in [6, 6.07) is 0. The van der Waals surface area contributed by atoms with Crippen LogP contribution in [0.4, 0.5) is 0 Å². The fourth-order valence-corrected chi connectivity index (χ4v) is 2.11. The Labute approximate surface area is 91.3 Å². The molecule has 0 radical (unpaired) electrons. The molecule has 0 aliphatic rings. The number of rotatable bonds is 5. The monoisotopic (exact) mass is 238 g/mol. The second kappa shape index (κ2) is 4.55. The minimum absolute atomic E-state index is 0.171. The fourth-order valence-electron chi connectivity index (χ4n) is 0.729. The van der Waals surface area contributed by atoms with Crippen LogP contribution < -0.4 is 10.5 Å². The Morgan fingerprint density at radius 2 is 2.00 bits per heavy atom. The molecule has 1 unspecified atom stereocenters. The van der Waals surface area contributed by atoms with E-state index in [9.17, 15) is 8.42 Å². The van der Waals surface area contributed by atoms with Crippen LogP contribution in [0, 0.1) is 0 Å². The average Bonchev–Trinajstić information content (AvgIpc) is 2.02. The number of nitrogens with one attached hydrogen (secondary N) is 1. The highest BCUT2D eigenvalue weighted by Gasteiger charge is 2.32. The molecule has 14 heavy (non-hydrogen) atoms. The molecule has 1 atom stereocenters. The highest BCUT2D eigenvalue weighted by Crippen LogP contribution is 2.13. The smallest absolute Gasteiger partial charge is 0.214 e. The first-order chi connectivity index (χ1) is 6.15. The number of hydrogen-bond acceptors (Lipinski definition) is 3. The zero-order valence-electron chi connectivity index (χ0n) is 8.99. The minimum Gasteiger partial charge on any atom is -0.392 e. The molecule has 0 saturated carbocycles. The van der Waals surface area contributed by atoms with Crippen molar-refractivity contribution in [2.24, 2.45) is 5.73 Å². The molecule has 0 rings (SSSR count). The average molecular weight is 238 g/mol. The zero-order chi connectivity index (χ0) is 11.6. The predicted molar refractivity (Wildman–Crippen MR) is 62.7 cm³/mol. The van der Waals surface area contributed by atoms with E-state index in [0.717, 1.165) is 0 Å². The van der Waals surface area contributed by atoms with Gasteiger partial charge in [0.25, 0.3) is 0 Å². The third kappa shape index (κ3) is 3.18. The van der Waals surface area contributed by atoms with E-state index in [-0.39, 0.29) is 4.99 Å². The Morgan fingerprint density at radius 1 is 1.57 bits per heavy atom. The number of nitrogens with two attached hydrogens (primary N) is 1. The van der Waals surface area contributed by atoms with Gasteiger partial charge in [-0.3, -0.25) is 0 Å².